The number of esters is 1. The SMILES string of the molecule is COC(=O)CC(O)C(O)c1ccc2oc3ccccc3c2c1. The van der Waals surface area contributed by atoms with E-state index in [9.17, 15) is 15.0 Å². The highest BCUT2D eigenvalue weighted by molar-refractivity contribution is 6.05. The van der Waals surface area contributed by atoms with Crippen LogP contribution in [-0.4, -0.2) is 29.4 Å². The minimum atomic E-state index is -1.22. The van der Waals surface area contributed by atoms with E-state index >= 15 is 0 Å². The number of fused-ring (bicyclic) bond motifs is 3. The van der Waals surface area contributed by atoms with Gasteiger partial charge in [0.1, 0.15) is 17.3 Å². The third-order valence-corrected chi connectivity index (χ3v) is 3.71. The molecule has 0 spiro atoms. The van der Waals surface area contributed by atoms with Crippen molar-refractivity contribution in [3.8, 4) is 0 Å². The Kier molecular flexibility index (Phi) is 3.83. The van der Waals surface area contributed by atoms with Gasteiger partial charge < -0.3 is 19.4 Å². The molecule has 0 amide bonds. The van der Waals surface area contributed by atoms with Gasteiger partial charge in [-0.05, 0) is 23.8 Å². The highest BCUT2D eigenvalue weighted by atomic mass is 16.5. The monoisotopic (exact) mass is 300 g/mol. The lowest BCUT2D eigenvalue weighted by atomic mass is 10.00. The first kappa shape index (κ1) is 14.6. The molecule has 0 radical (unpaired) electrons. The Labute approximate surface area is 126 Å². The molecule has 1 heterocycles. The molecule has 1 aromatic heterocycles. The number of aliphatic hydroxyl groups excluding tert-OH is 2. The molecule has 2 N–H and O–H groups in total. The molecule has 5 heteroatoms. The topological polar surface area (TPSA) is 79.9 Å². The summed E-state index contributed by atoms with van der Waals surface area (Å²) >= 11 is 0. The van der Waals surface area contributed by atoms with Crippen molar-refractivity contribution < 1.29 is 24.2 Å². The van der Waals surface area contributed by atoms with Crippen molar-refractivity contribution >= 4 is 27.9 Å². The predicted octanol–water partition coefficient (Wildman–Crippen LogP) is 2.54. The molecular weight excluding hydrogens is 284 g/mol. The highest BCUT2D eigenvalue weighted by Crippen LogP contribution is 2.31. The zero-order valence-corrected chi connectivity index (χ0v) is 12.0. The van der Waals surface area contributed by atoms with Crippen molar-refractivity contribution in [3.05, 3.63) is 48.0 Å². The molecule has 2 aromatic carbocycles. The summed E-state index contributed by atoms with van der Waals surface area (Å²) in [5, 5.41) is 21.9. The number of furan rings is 1. The van der Waals surface area contributed by atoms with Gasteiger partial charge in [-0.15, -0.1) is 0 Å². The van der Waals surface area contributed by atoms with Crippen molar-refractivity contribution in [1.29, 1.82) is 0 Å². The Balaban J connectivity index is 1.97. The Morgan fingerprint density at radius 3 is 2.64 bits per heavy atom. The lowest BCUT2D eigenvalue weighted by molar-refractivity contribution is -0.144. The van der Waals surface area contributed by atoms with Crippen LogP contribution < -0.4 is 0 Å². The summed E-state index contributed by atoms with van der Waals surface area (Å²) in [5.74, 6) is -0.568. The average Bonchev–Trinajstić information content (AvgIpc) is 2.91. The molecule has 0 fully saturated rings. The molecule has 3 rings (SSSR count). The van der Waals surface area contributed by atoms with Gasteiger partial charge >= 0.3 is 5.97 Å². The lowest BCUT2D eigenvalue weighted by Gasteiger charge is -2.17. The van der Waals surface area contributed by atoms with E-state index in [1.165, 1.54) is 7.11 Å². The van der Waals surface area contributed by atoms with Crippen molar-refractivity contribution in [3.63, 3.8) is 0 Å². The molecule has 0 aliphatic carbocycles. The van der Waals surface area contributed by atoms with E-state index in [4.69, 9.17) is 4.42 Å². The van der Waals surface area contributed by atoms with Gasteiger partial charge in [-0.25, -0.2) is 0 Å². The second-order valence-corrected chi connectivity index (χ2v) is 5.15. The van der Waals surface area contributed by atoms with Crippen LogP contribution in [0.2, 0.25) is 0 Å². The largest absolute Gasteiger partial charge is 0.469 e. The summed E-state index contributed by atoms with van der Waals surface area (Å²) in [6, 6.07) is 12.8. The molecule has 114 valence electrons. The second kappa shape index (κ2) is 5.79. The Bertz CT molecular complexity index is 820. The van der Waals surface area contributed by atoms with Gasteiger partial charge in [-0.1, -0.05) is 24.3 Å². The Morgan fingerprint density at radius 2 is 1.86 bits per heavy atom. The van der Waals surface area contributed by atoms with Crippen molar-refractivity contribution in [2.75, 3.05) is 7.11 Å². The number of aliphatic hydroxyl groups is 2. The van der Waals surface area contributed by atoms with E-state index in [-0.39, 0.29) is 6.42 Å². The average molecular weight is 300 g/mol. The quantitative estimate of drug-likeness (QED) is 0.724. The van der Waals surface area contributed by atoms with E-state index in [1.54, 1.807) is 18.2 Å². The normalized spacial score (nSPS) is 14.1. The zero-order valence-electron chi connectivity index (χ0n) is 12.0. The maximum atomic E-state index is 11.2. The molecule has 3 aromatic rings. The summed E-state index contributed by atoms with van der Waals surface area (Å²) in [6.07, 6.45) is -2.65. The smallest absolute Gasteiger partial charge is 0.308 e. The predicted molar refractivity (Wildman–Crippen MR) is 81.3 cm³/mol. The van der Waals surface area contributed by atoms with Gasteiger partial charge in [0, 0.05) is 10.8 Å². The molecule has 2 atom stereocenters. The summed E-state index contributed by atoms with van der Waals surface area (Å²) < 4.78 is 10.2. The molecular formula is C17H16O5. The van der Waals surface area contributed by atoms with Gasteiger partial charge in [0.05, 0.1) is 19.6 Å². The fraction of sp³-hybridized carbons (Fsp3) is 0.235. The van der Waals surface area contributed by atoms with Crippen LogP contribution >= 0.6 is 0 Å². The van der Waals surface area contributed by atoms with E-state index < -0.39 is 18.2 Å². The molecule has 0 aliphatic rings. The molecule has 0 saturated heterocycles. The number of hydrogen-bond acceptors (Lipinski definition) is 5. The second-order valence-electron chi connectivity index (χ2n) is 5.15. The summed E-state index contributed by atoms with van der Waals surface area (Å²) in [4.78, 5) is 11.2. The third kappa shape index (κ3) is 2.56. The van der Waals surface area contributed by atoms with Gasteiger partial charge in [0.15, 0.2) is 0 Å². The first-order valence-corrected chi connectivity index (χ1v) is 6.94. The van der Waals surface area contributed by atoms with Crippen LogP contribution in [0.15, 0.2) is 46.9 Å². The fourth-order valence-corrected chi connectivity index (χ4v) is 2.52. The fourth-order valence-electron chi connectivity index (χ4n) is 2.52. The summed E-state index contributed by atoms with van der Waals surface area (Å²) in [7, 11) is 1.24. The van der Waals surface area contributed by atoms with E-state index in [0.717, 1.165) is 16.4 Å². The van der Waals surface area contributed by atoms with Crippen molar-refractivity contribution in [1.82, 2.24) is 0 Å². The van der Waals surface area contributed by atoms with Crippen LogP contribution in [0.25, 0.3) is 21.9 Å². The highest BCUT2D eigenvalue weighted by Gasteiger charge is 2.22. The number of ether oxygens (including phenoxy) is 1. The maximum Gasteiger partial charge on any atom is 0.308 e. The maximum absolute atomic E-state index is 11.2. The van der Waals surface area contributed by atoms with Crippen LogP contribution in [0.3, 0.4) is 0 Å². The number of carbonyl (C=O) groups excluding carboxylic acids is 1. The molecule has 0 bridgehead atoms. The van der Waals surface area contributed by atoms with E-state index in [0.29, 0.717) is 11.1 Å². The van der Waals surface area contributed by atoms with Gasteiger partial charge in [0.2, 0.25) is 0 Å². The number of hydrogen-bond donors (Lipinski definition) is 2. The lowest BCUT2D eigenvalue weighted by Crippen LogP contribution is -2.22. The van der Waals surface area contributed by atoms with E-state index in [2.05, 4.69) is 4.74 Å². The van der Waals surface area contributed by atoms with Crippen LogP contribution in [0.4, 0.5) is 0 Å². The summed E-state index contributed by atoms with van der Waals surface area (Å²) in [5.41, 5.74) is 1.99. The van der Waals surface area contributed by atoms with Crippen LogP contribution in [0.5, 0.6) is 0 Å². The minimum absolute atomic E-state index is 0.262. The minimum Gasteiger partial charge on any atom is -0.469 e. The van der Waals surface area contributed by atoms with Crippen molar-refractivity contribution in [2.24, 2.45) is 0 Å². The Morgan fingerprint density at radius 1 is 1.14 bits per heavy atom. The van der Waals surface area contributed by atoms with E-state index in [1.807, 2.05) is 24.3 Å². The Hall–Kier alpha value is -2.37. The van der Waals surface area contributed by atoms with Crippen LogP contribution in [-0.2, 0) is 9.53 Å². The van der Waals surface area contributed by atoms with Crippen molar-refractivity contribution in [2.45, 2.75) is 18.6 Å². The third-order valence-electron chi connectivity index (χ3n) is 3.71. The number of carbonyl (C=O) groups is 1. The van der Waals surface area contributed by atoms with Crippen LogP contribution in [0.1, 0.15) is 18.1 Å². The first-order valence-electron chi connectivity index (χ1n) is 6.94. The van der Waals surface area contributed by atoms with Gasteiger partial charge in [-0.2, -0.15) is 0 Å². The molecule has 0 aliphatic heterocycles. The molecule has 0 saturated carbocycles. The zero-order chi connectivity index (χ0) is 15.7. The number of para-hydroxylation sites is 1. The molecule has 22 heavy (non-hydrogen) atoms. The molecule has 5 nitrogen and oxygen atoms in total. The van der Waals surface area contributed by atoms with Gasteiger partial charge in [-0.3, -0.25) is 4.79 Å². The number of benzene rings is 2. The number of rotatable bonds is 4. The first-order chi connectivity index (χ1) is 10.6. The summed E-state index contributed by atoms with van der Waals surface area (Å²) in [6.45, 7) is 0. The van der Waals surface area contributed by atoms with Gasteiger partial charge in [0.25, 0.3) is 0 Å². The van der Waals surface area contributed by atoms with Crippen LogP contribution in [0, 0.1) is 0 Å². The number of methoxy groups -OCH3 is 1. The standard InChI is InChI=1S/C17H16O5/c1-21-16(19)9-13(18)17(20)10-6-7-15-12(8-10)11-4-2-3-5-14(11)22-15/h2-8,13,17-18,20H,9H2,1H3. The molecule has 2 unspecified atom stereocenters.